The average molecular weight is 449 g/mol. The molecule has 0 radical (unpaired) electrons. The molecule has 0 fully saturated rings. The third-order valence-electron chi connectivity index (χ3n) is 5.22. The molecule has 0 spiro atoms. The summed E-state index contributed by atoms with van der Waals surface area (Å²) >= 11 is 1.50. The lowest BCUT2D eigenvalue weighted by Gasteiger charge is -2.11. The number of pyridine rings is 1. The van der Waals surface area contributed by atoms with E-state index in [1.807, 2.05) is 6.07 Å². The highest BCUT2D eigenvalue weighted by Gasteiger charge is 2.15. The number of carbonyl (C=O) groups is 2. The van der Waals surface area contributed by atoms with E-state index in [2.05, 4.69) is 52.8 Å². The number of thioether (sulfide) groups is 1. The Kier molecular flexibility index (Phi) is 6.14. The Balaban J connectivity index is 1.49. The van der Waals surface area contributed by atoms with Crippen LogP contribution in [-0.4, -0.2) is 39.3 Å². The van der Waals surface area contributed by atoms with Crippen molar-refractivity contribution in [3.8, 4) is 0 Å². The molecule has 0 bridgehead atoms. The van der Waals surface area contributed by atoms with Gasteiger partial charge in [0.05, 0.1) is 18.2 Å². The first-order chi connectivity index (χ1) is 15.4. The van der Waals surface area contributed by atoms with E-state index in [0.717, 1.165) is 21.9 Å². The fraction of sp³-hybridized carbons (Fsp3) is 0.250. The number of fused-ring (bicyclic) bond motifs is 3. The van der Waals surface area contributed by atoms with Crippen LogP contribution in [-0.2, 0) is 9.53 Å². The minimum atomic E-state index is -0.441. The summed E-state index contributed by atoms with van der Waals surface area (Å²) in [7, 11) is 1.33. The first-order valence-electron chi connectivity index (χ1n) is 10.2. The standard InChI is InChI=1S/C24H24N4O3S/c1-14-10-16(3)22-19(11-14)15(2)12-20-26-27-24(28(20)22)32-9-8-21(29)25-18-7-5-6-17(13-18)23(30)31-4/h5-7,10-13H,8-9H2,1-4H3,(H,25,29). The Morgan fingerprint density at radius 1 is 1.06 bits per heavy atom. The number of aromatic nitrogens is 3. The number of hydrogen-bond donors (Lipinski definition) is 1. The normalized spacial score (nSPS) is 11.1. The molecule has 0 atom stereocenters. The quantitative estimate of drug-likeness (QED) is 0.339. The van der Waals surface area contributed by atoms with Gasteiger partial charge in [-0.3, -0.25) is 9.20 Å². The van der Waals surface area contributed by atoms with Gasteiger partial charge in [0, 0.05) is 23.2 Å². The monoisotopic (exact) mass is 448 g/mol. The molecule has 7 nitrogen and oxygen atoms in total. The molecule has 0 aliphatic heterocycles. The summed E-state index contributed by atoms with van der Waals surface area (Å²) in [5, 5.41) is 13.5. The van der Waals surface area contributed by atoms with Crippen molar-refractivity contribution in [1.82, 2.24) is 14.6 Å². The van der Waals surface area contributed by atoms with Gasteiger partial charge < -0.3 is 10.1 Å². The van der Waals surface area contributed by atoms with Crippen LogP contribution in [0.25, 0.3) is 16.6 Å². The molecule has 8 heteroatoms. The van der Waals surface area contributed by atoms with Gasteiger partial charge in [-0.25, -0.2) is 4.79 Å². The third kappa shape index (κ3) is 4.31. The molecule has 2 aromatic heterocycles. The lowest BCUT2D eigenvalue weighted by atomic mass is 10.0. The van der Waals surface area contributed by atoms with E-state index in [1.54, 1.807) is 24.3 Å². The van der Waals surface area contributed by atoms with E-state index in [1.165, 1.54) is 35.4 Å². The molecule has 4 aromatic rings. The highest BCUT2D eigenvalue weighted by atomic mass is 32.2. The van der Waals surface area contributed by atoms with E-state index < -0.39 is 5.97 Å². The van der Waals surface area contributed by atoms with E-state index >= 15 is 0 Å². The minimum absolute atomic E-state index is 0.138. The summed E-state index contributed by atoms with van der Waals surface area (Å²) in [6.45, 7) is 6.28. The number of nitrogens with one attached hydrogen (secondary N) is 1. The summed E-state index contributed by atoms with van der Waals surface area (Å²) in [5.74, 6) is -0.0343. The SMILES string of the molecule is COC(=O)c1cccc(NC(=O)CCSc2nnc3cc(C)c4cc(C)cc(C)c4n23)c1. The van der Waals surface area contributed by atoms with Gasteiger partial charge in [0.15, 0.2) is 10.8 Å². The fourth-order valence-electron chi connectivity index (χ4n) is 3.81. The second-order valence-electron chi connectivity index (χ2n) is 7.70. The molecule has 0 unspecified atom stereocenters. The number of benzene rings is 2. The molecule has 1 amide bonds. The maximum Gasteiger partial charge on any atom is 0.337 e. The van der Waals surface area contributed by atoms with Crippen molar-refractivity contribution in [1.29, 1.82) is 0 Å². The van der Waals surface area contributed by atoms with Crippen LogP contribution in [0.2, 0.25) is 0 Å². The lowest BCUT2D eigenvalue weighted by Crippen LogP contribution is -2.13. The van der Waals surface area contributed by atoms with E-state index in [9.17, 15) is 9.59 Å². The van der Waals surface area contributed by atoms with Crippen LogP contribution in [0, 0.1) is 20.8 Å². The smallest absolute Gasteiger partial charge is 0.337 e. The number of anilines is 1. The van der Waals surface area contributed by atoms with Gasteiger partial charge in [0.2, 0.25) is 5.91 Å². The fourth-order valence-corrected chi connectivity index (χ4v) is 4.69. The average Bonchev–Trinajstić information content (AvgIpc) is 3.15. The van der Waals surface area contributed by atoms with E-state index in [-0.39, 0.29) is 5.91 Å². The van der Waals surface area contributed by atoms with Crippen molar-refractivity contribution in [2.45, 2.75) is 32.3 Å². The van der Waals surface area contributed by atoms with Crippen molar-refractivity contribution in [3.05, 3.63) is 64.7 Å². The van der Waals surface area contributed by atoms with Crippen molar-refractivity contribution in [3.63, 3.8) is 0 Å². The molecule has 0 aliphatic carbocycles. The minimum Gasteiger partial charge on any atom is -0.465 e. The molecule has 1 N–H and O–H groups in total. The van der Waals surface area contributed by atoms with Crippen molar-refractivity contribution < 1.29 is 14.3 Å². The summed E-state index contributed by atoms with van der Waals surface area (Å²) in [5.41, 5.74) is 6.39. The van der Waals surface area contributed by atoms with Gasteiger partial charge >= 0.3 is 5.97 Å². The Morgan fingerprint density at radius 2 is 1.88 bits per heavy atom. The highest BCUT2D eigenvalue weighted by Crippen LogP contribution is 2.29. The zero-order valence-corrected chi connectivity index (χ0v) is 19.2. The molecule has 4 rings (SSSR count). The van der Waals surface area contributed by atoms with Crippen LogP contribution in [0.15, 0.2) is 47.6 Å². The van der Waals surface area contributed by atoms with Gasteiger partial charge in [0.25, 0.3) is 0 Å². The maximum absolute atomic E-state index is 12.4. The first-order valence-corrected chi connectivity index (χ1v) is 11.2. The number of methoxy groups -OCH3 is 1. The van der Waals surface area contributed by atoms with Crippen LogP contribution in [0.5, 0.6) is 0 Å². The number of esters is 1. The predicted octanol–water partition coefficient (Wildman–Crippen LogP) is 4.72. The van der Waals surface area contributed by atoms with Crippen molar-refractivity contribution in [2.24, 2.45) is 0 Å². The van der Waals surface area contributed by atoms with Crippen LogP contribution >= 0.6 is 11.8 Å². The molecule has 164 valence electrons. The largest absolute Gasteiger partial charge is 0.465 e. The first kappa shape index (κ1) is 21.8. The Labute approximate surface area is 190 Å². The van der Waals surface area contributed by atoms with Crippen LogP contribution in [0.1, 0.15) is 33.5 Å². The topological polar surface area (TPSA) is 85.6 Å². The molecule has 0 saturated carbocycles. The third-order valence-corrected chi connectivity index (χ3v) is 6.16. The Morgan fingerprint density at radius 3 is 2.66 bits per heavy atom. The zero-order chi connectivity index (χ0) is 22.8. The number of hydrogen-bond acceptors (Lipinski definition) is 6. The number of amides is 1. The number of rotatable bonds is 6. The van der Waals surface area contributed by atoms with Gasteiger partial charge in [-0.1, -0.05) is 29.5 Å². The number of ether oxygens (including phenoxy) is 1. The lowest BCUT2D eigenvalue weighted by molar-refractivity contribution is -0.115. The second-order valence-corrected chi connectivity index (χ2v) is 8.76. The molecule has 0 aliphatic rings. The molecule has 32 heavy (non-hydrogen) atoms. The number of carbonyl (C=O) groups excluding carboxylic acids is 2. The number of aryl methyl sites for hydroxylation is 3. The maximum atomic E-state index is 12.4. The van der Waals surface area contributed by atoms with Crippen molar-refractivity contribution >= 4 is 45.9 Å². The molecule has 2 aromatic carbocycles. The highest BCUT2D eigenvalue weighted by molar-refractivity contribution is 7.99. The van der Waals surface area contributed by atoms with Crippen molar-refractivity contribution in [2.75, 3.05) is 18.2 Å². The van der Waals surface area contributed by atoms with Gasteiger partial charge in [0.1, 0.15) is 0 Å². The molecule has 0 saturated heterocycles. The van der Waals surface area contributed by atoms with Gasteiger partial charge in [-0.2, -0.15) is 0 Å². The summed E-state index contributed by atoms with van der Waals surface area (Å²) in [4.78, 5) is 24.1. The summed E-state index contributed by atoms with van der Waals surface area (Å²) in [6, 6.07) is 13.1. The van der Waals surface area contributed by atoms with Gasteiger partial charge in [-0.15, -0.1) is 10.2 Å². The Bertz CT molecular complexity index is 1350. The number of nitrogens with zero attached hydrogens (tertiary/aromatic N) is 3. The summed E-state index contributed by atoms with van der Waals surface area (Å²) < 4.78 is 6.79. The second kappa shape index (κ2) is 9.00. The van der Waals surface area contributed by atoms with Crippen LogP contribution in [0.4, 0.5) is 5.69 Å². The Hall–Kier alpha value is -3.39. The molecular formula is C24H24N4O3S. The van der Waals surface area contributed by atoms with E-state index in [4.69, 9.17) is 4.74 Å². The molecular weight excluding hydrogens is 424 g/mol. The zero-order valence-electron chi connectivity index (χ0n) is 18.4. The van der Waals surface area contributed by atoms with Gasteiger partial charge in [-0.05, 0) is 62.2 Å². The van der Waals surface area contributed by atoms with Crippen LogP contribution in [0.3, 0.4) is 0 Å². The predicted molar refractivity (Wildman–Crippen MR) is 126 cm³/mol. The van der Waals surface area contributed by atoms with Crippen LogP contribution < -0.4 is 5.32 Å². The summed E-state index contributed by atoms with van der Waals surface area (Å²) in [6.07, 6.45) is 0.296. The van der Waals surface area contributed by atoms with E-state index in [0.29, 0.717) is 23.4 Å². The molecule has 2 heterocycles.